The molecule has 4 N–H and O–H groups in total. The molecule has 1 atom stereocenters. The number of carbonyl (C=O) groups is 2. The minimum absolute atomic E-state index is 0.0505. The van der Waals surface area contributed by atoms with E-state index in [4.69, 9.17) is 13.9 Å². The second-order valence-electron chi connectivity index (χ2n) is 8.49. The molecule has 0 spiro atoms. The third kappa shape index (κ3) is 4.19. The summed E-state index contributed by atoms with van der Waals surface area (Å²) in [5.74, 6) is -4.34. The second kappa shape index (κ2) is 9.36. The molecule has 1 aromatic heterocycles. The monoisotopic (exact) mass is 520 g/mol. The smallest absolute Gasteiger partial charge is 0.343 e. The number of ether oxygens (including phenoxy) is 3. The Hall–Kier alpha value is -5.19. The Morgan fingerprint density at radius 3 is 2.53 bits per heavy atom. The highest BCUT2D eigenvalue weighted by molar-refractivity contribution is 5.94. The minimum Gasteiger partial charge on any atom is -0.507 e. The number of hydrogen-bond donors (Lipinski definition) is 4. The standard InChI is InChI=1S/C27H20O11/c1-35-21(32)11-36-14-4-2-3-12(7-14)15-9-20(31)37-19-10-18(30)23-24(33)25(34)26(38-27(23)22(15)19)13-5-6-16(28)17(29)8-13/h2-8,10,15,28-30,34H,9,11H2,1H3/t15-/m0/s1. The van der Waals surface area contributed by atoms with E-state index in [1.807, 2.05) is 0 Å². The largest absolute Gasteiger partial charge is 0.507 e. The molecular formula is C27H20O11. The van der Waals surface area contributed by atoms with Gasteiger partial charge in [0.15, 0.2) is 23.9 Å². The number of phenols is 3. The maximum Gasteiger partial charge on any atom is 0.343 e. The SMILES string of the molecule is COC(=O)COc1cccc([C@@H]2CC(=O)Oc3cc(O)c4c(=O)c(O)c(-c5ccc(O)c(O)c5)oc4c32)c1. The highest BCUT2D eigenvalue weighted by Gasteiger charge is 2.34. The summed E-state index contributed by atoms with van der Waals surface area (Å²) in [4.78, 5) is 37.1. The molecule has 11 nitrogen and oxygen atoms in total. The molecule has 5 rings (SSSR count). The lowest BCUT2D eigenvalue weighted by Gasteiger charge is -2.26. The van der Waals surface area contributed by atoms with Crippen LogP contribution in [0.15, 0.2) is 57.7 Å². The van der Waals surface area contributed by atoms with E-state index in [1.54, 1.807) is 24.3 Å². The zero-order valence-electron chi connectivity index (χ0n) is 19.8. The van der Waals surface area contributed by atoms with Gasteiger partial charge in [-0.05, 0) is 35.9 Å². The van der Waals surface area contributed by atoms with Gasteiger partial charge in [0.25, 0.3) is 0 Å². The maximum absolute atomic E-state index is 13.2. The molecule has 0 saturated carbocycles. The predicted octanol–water partition coefficient (Wildman–Crippen LogP) is 3.28. The molecule has 0 aliphatic carbocycles. The fourth-order valence-electron chi connectivity index (χ4n) is 4.35. The van der Waals surface area contributed by atoms with Crippen LogP contribution >= 0.6 is 0 Å². The summed E-state index contributed by atoms with van der Waals surface area (Å²) >= 11 is 0. The van der Waals surface area contributed by atoms with Crippen LogP contribution in [0.25, 0.3) is 22.3 Å². The summed E-state index contributed by atoms with van der Waals surface area (Å²) in [7, 11) is 1.23. The lowest BCUT2D eigenvalue weighted by molar-refractivity contribution is -0.143. The number of methoxy groups -OCH3 is 1. The van der Waals surface area contributed by atoms with Gasteiger partial charge in [0, 0.05) is 23.1 Å². The Morgan fingerprint density at radius 1 is 1.00 bits per heavy atom. The number of aromatic hydroxyl groups is 4. The zero-order valence-corrected chi connectivity index (χ0v) is 19.8. The fraction of sp³-hybridized carbons (Fsp3) is 0.148. The predicted molar refractivity (Wildman–Crippen MR) is 131 cm³/mol. The van der Waals surface area contributed by atoms with Crippen molar-refractivity contribution in [2.75, 3.05) is 13.7 Å². The molecule has 4 aromatic rings. The first kappa shape index (κ1) is 24.5. The Balaban J connectivity index is 1.73. The fourth-order valence-corrected chi connectivity index (χ4v) is 4.35. The van der Waals surface area contributed by atoms with E-state index >= 15 is 0 Å². The number of benzene rings is 3. The normalized spacial score (nSPS) is 14.6. The van der Waals surface area contributed by atoms with E-state index in [1.165, 1.54) is 13.2 Å². The molecule has 11 heteroatoms. The molecule has 194 valence electrons. The maximum atomic E-state index is 13.2. The van der Waals surface area contributed by atoms with Crippen LogP contribution in [0.1, 0.15) is 23.5 Å². The molecule has 0 bridgehead atoms. The summed E-state index contributed by atoms with van der Waals surface area (Å²) in [6.07, 6.45) is -0.159. The van der Waals surface area contributed by atoms with Crippen molar-refractivity contribution in [2.24, 2.45) is 0 Å². The van der Waals surface area contributed by atoms with Gasteiger partial charge in [-0.2, -0.15) is 0 Å². The van der Waals surface area contributed by atoms with Crippen molar-refractivity contribution in [3.63, 3.8) is 0 Å². The van der Waals surface area contributed by atoms with Crippen molar-refractivity contribution in [3.05, 3.63) is 69.9 Å². The highest BCUT2D eigenvalue weighted by atomic mass is 16.6. The van der Waals surface area contributed by atoms with Crippen molar-refractivity contribution < 1.29 is 48.6 Å². The highest BCUT2D eigenvalue weighted by Crippen LogP contribution is 2.47. The third-order valence-corrected chi connectivity index (χ3v) is 6.15. The summed E-state index contributed by atoms with van der Waals surface area (Å²) in [5.41, 5.74) is -0.235. The van der Waals surface area contributed by atoms with E-state index in [0.717, 1.165) is 18.2 Å². The number of hydrogen-bond acceptors (Lipinski definition) is 11. The average Bonchev–Trinajstić information content (AvgIpc) is 2.90. The molecule has 0 unspecified atom stereocenters. The van der Waals surface area contributed by atoms with Gasteiger partial charge >= 0.3 is 11.9 Å². The van der Waals surface area contributed by atoms with E-state index in [9.17, 15) is 34.8 Å². The van der Waals surface area contributed by atoms with Crippen molar-refractivity contribution in [1.82, 2.24) is 0 Å². The van der Waals surface area contributed by atoms with Gasteiger partial charge in [-0.3, -0.25) is 9.59 Å². The van der Waals surface area contributed by atoms with Gasteiger partial charge in [0.2, 0.25) is 11.2 Å². The van der Waals surface area contributed by atoms with Crippen LogP contribution in [-0.2, 0) is 14.3 Å². The minimum atomic E-state index is -0.958. The van der Waals surface area contributed by atoms with E-state index < -0.39 is 46.3 Å². The average molecular weight is 520 g/mol. The lowest BCUT2D eigenvalue weighted by Crippen LogP contribution is -2.22. The van der Waals surface area contributed by atoms with Crippen molar-refractivity contribution in [3.8, 4) is 45.8 Å². The van der Waals surface area contributed by atoms with Crippen LogP contribution in [0.4, 0.5) is 0 Å². The van der Waals surface area contributed by atoms with E-state index in [-0.39, 0.29) is 46.6 Å². The first-order valence-corrected chi connectivity index (χ1v) is 11.3. The van der Waals surface area contributed by atoms with Gasteiger partial charge in [-0.1, -0.05) is 12.1 Å². The van der Waals surface area contributed by atoms with Gasteiger partial charge in [0.1, 0.15) is 28.2 Å². The lowest BCUT2D eigenvalue weighted by atomic mass is 9.85. The Labute approximate surface area is 213 Å². The molecule has 0 radical (unpaired) electrons. The number of rotatable bonds is 5. The van der Waals surface area contributed by atoms with Crippen LogP contribution in [0, 0.1) is 0 Å². The summed E-state index contributed by atoms with van der Waals surface area (Å²) in [6, 6.07) is 11.2. The molecule has 1 aliphatic rings. The van der Waals surface area contributed by atoms with Crippen molar-refractivity contribution in [1.29, 1.82) is 0 Å². The van der Waals surface area contributed by atoms with Crippen LogP contribution in [0.5, 0.6) is 34.5 Å². The van der Waals surface area contributed by atoms with E-state index in [2.05, 4.69) is 4.74 Å². The summed E-state index contributed by atoms with van der Waals surface area (Å²) in [6.45, 7) is -0.336. The van der Waals surface area contributed by atoms with Crippen LogP contribution in [0.3, 0.4) is 0 Å². The topological polar surface area (TPSA) is 173 Å². The number of carbonyl (C=O) groups excluding carboxylic acids is 2. The zero-order chi connectivity index (χ0) is 27.1. The molecule has 1 aliphatic heterocycles. The summed E-state index contributed by atoms with van der Waals surface area (Å²) < 4.78 is 21.4. The van der Waals surface area contributed by atoms with Crippen molar-refractivity contribution >= 4 is 22.9 Å². The van der Waals surface area contributed by atoms with Gasteiger partial charge in [-0.15, -0.1) is 0 Å². The van der Waals surface area contributed by atoms with Gasteiger partial charge < -0.3 is 39.1 Å². The molecule has 2 heterocycles. The Bertz CT molecular complexity index is 1670. The molecule has 0 amide bonds. The third-order valence-electron chi connectivity index (χ3n) is 6.15. The number of esters is 2. The first-order valence-electron chi connectivity index (χ1n) is 11.3. The molecule has 38 heavy (non-hydrogen) atoms. The Morgan fingerprint density at radius 2 is 1.79 bits per heavy atom. The first-order chi connectivity index (χ1) is 18.2. The quantitative estimate of drug-likeness (QED) is 0.173. The number of phenolic OH excluding ortho intramolecular Hbond substituents is 3. The van der Waals surface area contributed by atoms with Gasteiger partial charge in [-0.25, -0.2) is 4.79 Å². The summed E-state index contributed by atoms with van der Waals surface area (Å²) in [5, 5.41) is 40.5. The second-order valence-corrected chi connectivity index (χ2v) is 8.49. The Kier molecular flexibility index (Phi) is 6.03. The number of fused-ring (bicyclic) bond motifs is 3. The molecular weight excluding hydrogens is 500 g/mol. The van der Waals surface area contributed by atoms with Crippen LogP contribution in [-0.4, -0.2) is 46.1 Å². The molecule has 3 aromatic carbocycles. The van der Waals surface area contributed by atoms with E-state index in [0.29, 0.717) is 11.3 Å². The molecule has 0 saturated heterocycles. The molecule has 0 fully saturated rings. The van der Waals surface area contributed by atoms with Crippen LogP contribution in [0.2, 0.25) is 0 Å². The van der Waals surface area contributed by atoms with Crippen molar-refractivity contribution in [2.45, 2.75) is 12.3 Å². The van der Waals surface area contributed by atoms with Gasteiger partial charge in [0.05, 0.1) is 13.5 Å². The van der Waals surface area contributed by atoms with Crippen LogP contribution < -0.4 is 14.9 Å².